The van der Waals surface area contributed by atoms with Crippen molar-refractivity contribution in [3.63, 3.8) is 0 Å². The molecular weight excluding hydrogens is 230 g/mol. The van der Waals surface area contributed by atoms with E-state index in [4.69, 9.17) is 10.00 Å². The highest BCUT2D eigenvalue weighted by Crippen LogP contribution is 2.27. The molecule has 0 saturated heterocycles. The summed E-state index contributed by atoms with van der Waals surface area (Å²) in [6.45, 7) is 2.64. The first kappa shape index (κ1) is 14.8. The first-order chi connectivity index (χ1) is 7.38. The van der Waals surface area contributed by atoms with E-state index in [-0.39, 0.29) is 18.3 Å². The number of nitriles is 1. The predicted molar refractivity (Wildman–Crippen MR) is 59.8 cm³/mol. The van der Waals surface area contributed by atoms with Gasteiger partial charge in [-0.2, -0.15) is 17.9 Å². The smallest absolute Gasteiger partial charge is 0.329 e. The van der Waals surface area contributed by atoms with Crippen LogP contribution in [0, 0.1) is 16.7 Å². The van der Waals surface area contributed by atoms with Crippen molar-refractivity contribution in [2.45, 2.75) is 25.5 Å². The Kier molecular flexibility index (Phi) is 5.89. The molecule has 0 amide bonds. The summed E-state index contributed by atoms with van der Waals surface area (Å²) >= 11 is 4.12. The highest BCUT2D eigenvalue weighted by molar-refractivity contribution is 7.80. The molecule has 0 saturated carbocycles. The quantitative estimate of drug-likeness (QED) is 0.576. The maximum atomic E-state index is 11.5. The van der Waals surface area contributed by atoms with Gasteiger partial charge in [0.1, 0.15) is 6.61 Å². The molecule has 0 rings (SSSR count). The summed E-state index contributed by atoms with van der Waals surface area (Å²) in [6, 6.07) is 1.85. The molecule has 0 aromatic rings. The van der Waals surface area contributed by atoms with E-state index in [2.05, 4.69) is 17.4 Å². The van der Waals surface area contributed by atoms with Gasteiger partial charge in [-0.1, -0.05) is 6.92 Å². The number of carbonyl (C=O) groups is 2. The molecule has 5 nitrogen and oxygen atoms in total. The number of rotatable bonds is 5. The minimum Gasteiger partial charge on any atom is -0.468 e. The number of ether oxygens (including phenoxy) is 2. The monoisotopic (exact) mass is 245 g/mol. The molecule has 0 heterocycles. The molecule has 0 aliphatic heterocycles. The van der Waals surface area contributed by atoms with E-state index >= 15 is 0 Å². The van der Waals surface area contributed by atoms with E-state index < -0.39 is 17.4 Å². The maximum absolute atomic E-state index is 11.5. The molecule has 0 N–H and O–H groups in total. The lowest BCUT2D eigenvalue weighted by molar-refractivity contribution is -0.157. The second-order valence-electron chi connectivity index (χ2n) is 3.52. The average Bonchev–Trinajstić information content (AvgIpc) is 2.22. The van der Waals surface area contributed by atoms with Gasteiger partial charge in [0.2, 0.25) is 0 Å². The zero-order valence-electron chi connectivity index (χ0n) is 9.52. The Bertz CT molecular complexity index is 310. The van der Waals surface area contributed by atoms with Crippen LogP contribution in [0.2, 0.25) is 0 Å². The predicted octanol–water partition coefficient (Wildman–Crippen LogP) is 0.941. The van der Waals surface area contributed by atoms with Crippen LogP contribution in [-0.2, 0) is 19.1 Å². The minimum atomic E-state index is -1.47. The molecule has 0 aromatic heterocycles. The SMILES string of the molecule is COC(=O)C(C#N)(COC(C)=O)CC(C)S. The van der Waals surface area contributed by atoms with E-state index in [9.17, 15) is 9.59 Å². The standard InChI is InChI=1S/C10H15NO4S/c1-7(16)4-10(5-11,9(13)14-3)6-15-8(2)12/h7,16H,4,6H2,1-3H3. The molecule has 0 radical (unpaired) electrons. The molecule has 6 heteroatoms. The van der Waals surface area contributed by atoms with E-state index in [0.717, 1.165) is 0 Å². The molecule has 0 aliphatic rings. The molecule has 0 aliphatic carbocycles. The maximum Gasteiger partial charge on any atom is 0.329 e. The molecule has 90 valence electrons. The first-order valence-electron chi connectivity index (χ1n) is 4.69. The average molecular weight is 245 g/mol. The summed E-state index contributed by atoms with van der Waals surface area (Å²) < 4.78 is 9.28. The lowest BCUT2D eigenvalue weighted by Gasteiger charge is -2.24. The fourth-order valence-electron chi connectivity index (χ4n) is 1.25. The van der Waals surface area contributed by atoms with Gasteiger partial charge in [-0.25, -0.2) is 0 Å². The van der Waals surface area contributed by atoms with Gasteiger partial charge in [-0.15, -0.1) is 0 Å². The summed E-state index contributed by atoms with van der Waals surface area (Å²) in [6.07, 6.45) is 0.159. The molecule has 16 heavy (non-hydrogen) atoms. The second-order valence-corrected chi connectivity index (χ2v) is 4.40. The molecule has 0 aromatic carbocycles. The summed E-state index contributed by atoms with van der Waals surface area (Å²) in [7, 11) is 1.19. The fourth-order valence-corrected chi connectivity index (χ4v) is 1.56. The van der Waals surface area contributed by atoms with Crippen molar-refractivity contribution >= 4 is 24.6 Å². The highest BCUT2D eigenvalue weighted by atomic mass is 32.1. The van der Waals surface area contributed by atoms with Crippen LogP contribution in [0.1, 0.15) is 20.3 Å². The third kappa shape index (κ3) is 4.11. The van der Waals surface area contributed by atoms with E-state index in [1.54, 1.807) is 6.92 Å². The third-order valence-electron chi connectivity index (χ3n) is 1.96. The number of esters is 2. The van der Waals surface area contributed by atoms with Gasteiger partial charge in [-0.3, -0.25) is 9.59 Å². The van der Waals surface area contributed by atoms with Gasteiger partial charge in [-0.05, 0) is 6.42 Å². The number of methoxy groups -OCH3 is 1. The summed E-state index contributed by atoms with van der Waals surface area (Å²) in [5.41, 5.74) is -1.47. The van der Waals surface area contributed by atoms with Gasteiger partial charge < -0.3 is 9.47 Å². The van der Waals surface area contributed by atoms with Gasteiger partial charge >= 0.3 is 11.9 Å². The van der Waals surface area contributed by atoms with Crippen LogP contribution in [0.15, 0.2) is 0 Å². The fraction of sp³-hybridized carbons (Fsp3) is 0.700. The Labute approximate surface area is 100 Å². The normalized spacial score (nSPS) is 15.4. The lowest BCUT2D eigenvalue weighted by atomic mass is 9.85. The van der Waals surface area contributed by atoms with Gasteiger partial charge in [0, 0.05) is 12.2 Å². The number of nitrogens with zero attached hydrogens (tertiary/aromatic N) is 1. The first-order valence-corrected chi connectivity index (χ1v) is 5.20. The van der Waals surface area contributed by atoms with E-state index in [1.807, 2.05) is 6.07 Å². The highest BCUT2D eigenvalue weighted by Gasteiger charge is 2.42. The largest absolute Gasteiger partial charge is 0.468 e. The van der Waals surface area contributed by atoms with Crippen molar-refractivity contribution in [3.8, 4) is 6.07 Å². The third-order valence-corrected chi connectivity index (χ3v) is 2.14. The Morgan fingerprint density at radius 2 is 2.12 bits per heavy atom. The Morgan fingerprint density at radius 1 is 1.56 bits per heavy atom. The molecular formula is C10H15NO4S. The van der Waals surface area contributed by atoms with Crippen molar-refractivity contribution in [1.82, 2.24) is 0 Å². The lowest BCUT2D eigenvalue weighted by Crippen LogP contribution is -2.38. The van der Waals surface area contributed by atoms with Crippen molar-refractivity contribution in [3.05, 3.63) is 0 Å². The zero-order chi connectivity index (χ0) is 12.8. The molecule has 0 fully saturated rings. The second kappa shape index (κ2) is 6.38. The summed E-state index contributed by atoms with van der Waals surface area (Å²) in [4.78, 5) is 22.2. The molecule has 0 spiro atoms. The van der Waals surface area contributed by atoms with Crippen LogP contribution >= 0.6 is 12.6 Å². The zero-order valence-corrected chi connectivity index (χ0v) is 10.4. The van der Waals surface area contributed by atoms with Crippen LogP contribution < -0.4 is 0 Å². The van der Waals surface area contributed by atoms with Crippen LogP contribution in [0.25, 0.3) is 0 Å². The number of carbonyl (C=O) groups excluding carboxylic acids is 2. The molecule has 0 bridgehead atoms. The van der Waals surface area contributed by atoms with Crippen LogP contribution in [-0.4, -0.2) is 30.9 Å². The van der Waals surface area contributed by atoms with Gasteiger partial charge in [0.25, 0.3) is 0 Å². The van der Waals surface area contributed by atoms with Crippen LogP contribution in [0.4, 0.5) is 0 Å². The number of hydrogen-bond donors (Lipinski definition) is 1. The van der Waals surface area contributed by atoms with Crippen molar-refractivity contribution < 1.29 is 19.1 Å². The summed E-state index contributed by atoms with van der Waals surface area (Å²) in [5, 5.41) is 8.88. The van der Waals surface area contributed by atoms with E-state index in [0.29, 0.717) is 0 Å². The van der Waals surface area contributed by atoms with Gasteiger partial charge in [0.05, 0.1) is 13.2 Å². The Balaban J connectivity index is 4.90. The Hall–Kier alpha value is -1.22. The molecule has 2 atom stereocenters. The van der Waals surface area contributed by atoms with Crippen LogP contribution in [0.3, 0.4) is 0 Å². The topological polar surface area (TPSA) is 76.4 Å². The van der Waals surface area contributed by atoms with Crippen molar-refractivity contribution in [1.29, 1.82) is 5.26 Å². The van der Waals surface area contributed by atoms with Crippen molar-refractivity contribution in [2.75, 3.05) is 13.7 Å². The van der Waals surface area contributed by atoms with Crippen molar-refractivity contribution in [2.24, 2.45) is 5.41 Å². The number of thiol groups is 1. The van der Waals surface area contributed by atoms with Gasteiger partial charge in [0.15, 0.2) is 5.41 Å². The van der Waals surface area contributed by atoms with E-state index in [1.165, 1.54) is 14.0 Å². The van der Waals surface area contributed by atoms with Crippen LogP contribution in [0.5, 0.6) is 0 Å². The minimum absolute atomic E-state index is 0.159. The Morgan fingerprint density at radius 3 is 2.44 bits per heavy atom. The number of hydrogen-bond acceptors (Lipinski definition) is 6. The molecule has 2 unspecified atom stereocenters. The summed E-state index contributed by atoms with van der Waals surface area (Å²) in [5.74, 6) is -1.26.